The smallest absolute Gasteiger partial charge is 0.232 e. The second kappa shape index (κ2) is 6.42. The van der Waals surface area contributed by atoms with Gasteiger partial charge in [0.2, 0.25) is 10.0 Å². The topological polar surface area (TPSA) is 61.2 Å². The van der Waals surface area contributed by atoms with Crippen molar-refractivity contribution in [3.8, 4) is 6.07 Å². The summed E-state index contributed by atoms with van der Waals surface area (Å²) in [5, 5.41) is 8.67. The highest BCUT2D eigenvalue weighted by molar-refractivity contribution is 7.92. The van der Waals surface area contributed by atoms with Gasteiger partial charge in [0.15, 0.2) is 0 Å². The summed E-state index contributed by atoms with van der Waals surface area (Å²) in [4.78, 5) is 0. The van der Waals surface area contributed by atoms with E-state index in [2.05, 4.69) is 6.07 Å². The first-order valence-corrected chi connectivity index (χ1v) is 8.33. The first-order valence-electron chi connectivity index (χ1n) is 6.48. The van der Waals surface area contributed by atoms with Gasteiger partial charge in [-0.05, 0) is 23.3 Å². The maximum Gasteiger partial charge on any atom is 0.232 e. The van der Waals surface area contributed by atoms with Crippen LogP contribution in [0.5, 0.6) is 0 Å². The second-order valence-corrected chi connectivity index (χ2v) is 6.66. The van der Waals surface area contributed by atoms with Crippen molar-refractivity contribution in [3.63, 3.8) is 0 Å². The Labute approximate surface area is 125 Å². The molecule has 0 radical (unpaired) electrons. The van der Waals surface area contributed by atoms with Gasteiger partial charge in [0.05, 0.1) is 31.0 Å². The number of anilines is 1. The molecule has 21 heavy (non-hydrogen) atoms. The Morgan fingerprint density at radius 3 is 2.14 bits per heavy atom. The molecule has 0 amide bonds. The van der Waals surface area contributed by atoms with Gasteiger partial charge in [-0.15, -0.1) is 0 Å². The Bertz CT molecular complexity index is 732. The lowest BCUT2D eigenvalue weighted by Gasteiger charge is -2.22. The van der Waals surface area contributed by atoms with Gasteiger partial charge in [-0.2, -0.15) is 5.26 Å². The van der Waals surface area contributed by atoms with Crippen LogP contribution in [0.3, 0.4) is 0 Å². The van der Waals surface area contributed by atoms with E-state index in [9.17, 15) is 8.42 Å². The number of nitriles is 1. The van der Waals surface area contributed by atoms with E-state index in [-0.39, 0.29) is 6.54 Å². The maximum atomic E-state index is 12.0. The molecule has 0 bridgehead atoms. The van der Waals surface area contributed by atoms with Gasteiger partial charge in [0.25, 0.3) is 0 Å². The summed E-state index contributed by atoms with van der Waals surface area (Å²) in [6.07, 6.45) is 1.51. The van der Waals surface area contributed by atoms with Gasteiger partial charge in [-0.3, -0.25) is 4.31 Å². The molecule has 0 fully saturated rings. The van der Waals surface area contributed by atoms with Crippen LogP contribution in [0.1, 0.15) is 11.1 Å². The van der Waals surface area contributed by atoms with E-state index in [0.717, 1.165) is 11.1 Å². The number of benzene rings is 2. The van der Waals surface area contributed by atoms with E-state index < -0.39 is 10.0 Å². The van der Waals surface area contributed by atoms with E-state index in [0.29, 0.717) is 12.1 Å². The van der Waals surface area contributed by atoms with E-state index in [4.69, 9.17) is 5.26 Å². The van der Waals surface area contributed by atoms with Crippen LogP contribution in [0, 0.1) is 11.3 Å². The fraction of sp³-hybridized carbons (Fsp3) is 0.188. The van der Waals surface area contributed by atoms with Crippen LogP contribution < -0.4 is 4.31 Å². The van der Waals surface area contributed by atoms with Crippen LogP contribution in [-0.2, 0) is 23.0 Å². The fourth-order valence-electron chi connectivity index (χ4n) is 2.02. The Morgan fingerprint density at radius 2 is 1.62 bits per heavy atom. The van der Waals surface area contributed by atoms with Gasteiger partial charge >= 0.3 is 0 Å². The van der Waals surface area contributed by atoms with Crippen LogP contribution in [-0.4, -0.2) is 14.7 Å². The van der Waals surface area contributed by atoms with Crippen molar-refractivity contribution in [3.05, 3.63) is 65.7 Å². The normalized spacial score (nSPS) is 10.9. The summed E-state index contributed by atoms with van der Waals surface area (Å²) < 4.78 is 25.4. The summed E-state index contributed by atoms with van der Waals surface area (Å²) in [5.41, 5.74) is 2.39. The Hall–Kier alpha value is -2.32. The molecule has 0 aromatic heterocycles. The lowest BCUT2D eigenvalue weighted by atomic mass is 10.1. The molecule has 0 aliphatic heterocycles. The molecular weight excluding hydrogens is 284 g/mol. The van der Waals surface area contributed by atoms with Gasteiger partial charge in [0.1, 0.15) is 0 Å². The number of rotatable bonds is 5. The van der Waals surface area contributed by atoms with Crippen molar-refractivity contribution >= 4 is 15.7 Å². The van der Waals surface area contributed by atoms with Crippen LogP contribution in [0.25, 0.3) is 0 Å². The average Bonchev–Trinajstić information content (AvgIpc) is 2.46. The molecule has 2 aromatic rings. The Balaban J connectivity index is 2.31. The highest BCUT2D eigenvalue weighted by atomic mass is 32.2. The van der Waals surface area contributed by atoms with E-state index >= 15 is 0 Å². The number of sulfonamides is 1. The molecule has 0 saturated heterocycles. The molecule has 0 aliphatic rings. The molecular formula is C16H16N2O2S. The van der Waals surface area contributed by atoms with Crippen LogP contribution in [0.15, 0.2) is 54.6 Å². The molecule has 0 heterocycles. The van der Waals surface area contributed by atoms with Crippen molar-refractivity contribution in [1.82, 2.24) is 0 Å². The average molecular weight is 300 g/mol. The lowest BCUT2D eigenvalue weighted by molar-refractivity contribution is 0.596. The fourth-order valence-corrected chi connectivity index (χ4v) is 2.91. The second-order valence-electron chi connectivity index (χ2n) is 4.76. The largest absolute Gasteiger partial charge is 0.266 e. The first-order chi connectivity index (χ1) is 10.0. The van der Waals surface area contributed by atoms with Crippen molar-refractivity contribution in [2.75, 3.05) is 10.6 Å². The predicted octanol–water partition coefficient (Wildman–Crippen LogP) is 2.72. The first kappa shape index (κ1) is 15.1. The third-order valence-corrected chi connectivity index (χ3v) is 4.22. The van der Waals surface area contributed by atoms with E-state index in [1.165, 1.54) is 10.6 Å². The molecule has 108 valence electrons. The van der Waals surface area contributed by atoms with Gasteiger partial charge in [-0.25, -0.2) is 8.42 Å². The monoisotopic (exact) mass is 300 g/mol. The molecule has 2 aromatic carbocycles. The summed E-state index contributed by atoms with van der Waals surface area (Å²) in [7, 11) is -3.37. The summed E-state index contributed by atoms with van der Waals surface area (Å²) in [5.74, 6) is 0. The maximum absolute atomic E-state index is 12.0. The van der Waals surface area contributed by atoms with Crippen molar-refractivity contribution in [1.29, 1.82) is 5.26 Å². The minimum absolute atomic E-state index is 0.289. The Kier molecular flexibility index (Phi) is 4.61. The summed E-state index contributed by atoms with van der Waals surface area (Å²) in [6.45, 7) is 0.289. The van der Waals surface area contributed by atoms with Gasteiger partial charge in [0, 0.05) is 0 Å². The van der Waals surface area contributed by atoms with E-state index in [1.54, 1.807) is 24.3 Å². The van der Waals surface area contributed by atoms with E-state index in [1.807, 2.05) is 30.3 Å². The quantitative estimate of drug-likeness (QED) is 0.853. The summed E-state index contributed by atoms with van der Waals surface area (Å²) in [6, 6.07) is 18.5. The third kappa shape index (κ3) is 4.07. The SMILES string of the molecule is CS(=O)(=O)N(Cc1ccccc1)c1ccc(CC#N)cc1. The standard InChI is InChI=1S/C16H16N2O2S/c1-21(19,20)18(13-15-5-3-2-4-6-15)16-9-7-14(8-10-16)11-12-17/h2-10H,11,13H2,1H3. The van der Waals surface area contributed by atoms with Crippen LogP contribution in [0.4, 0.5) is 5.69 Å². The molecule has 0 spiro atoms. The van der Waals surface area contributed by atoms with Crippen LogP contribution in [0.2, 0.25) is 0 Å². The molecule has 0 aliphatic carbocycles. The predicted molar refractivity (Wildman–Crippen MR) is 83.2 cm³/mol. The van der Waals surface area contributed by atoms with Crippen molar-refractivity contribution < 1.29 is 8.42 Å². The molecule has 0 atom stereocenters. The van der Waals surface area contributed by atoms with Crippen molar-refractivity contribution in [2.45, 2.75) is 13.0 Å². The molecule has 5 heteroatoms. The highest BCUT2D eigenvalue weighted by Crippen LogP contribution is 2.21. The lowest BCUT2D eigenvalue weighted by Crippen LogP contribution is -2.29. The Morgan fingerprint density at radius 1 is 1.00 bits per heavy atom. The number of nitrogens with zero attached hydrogens (tertiary/aromatic N) is 2. The van der Waals surface area contributed by atoms with Gasteiger partial charge < -0.3 is 0 Å². The molecule has 4 nitrogen and oxygen atoms in total. The zero-order chi connectivity index (χ0) is 15.3. The van der Waals surface area contributed by atoms with Gasteiger partial charge in [-0.1, -0.05) is 42.5 Å². The molecule has 0 unspecified atom stereocenters. The zero-order valence-electron chi connectivity index (χ0n) is 11.7. The summed E-state index contributed by atoms with van der Waals surface area (Å²) >= 11 is 0. The minimum Gasteiger partial charge on any atom is -0.266 e. The molecule has 2 rings (SSSR count). The molecule has 0 saturated carbocycles. The minimum atomic E-state index is -3.37. The highest BCUT2D eigenvalue weighted by Gasteiger charge is 2.17. The number of hydrogen-bond acceptors (Lipinski definition) is 3. The van der Waals surface area contributed by atoms with Crippen LogP contribution >= 0.6 is 0 Å². The molecule has 0 N–H and O–H groups in total. The number of hydrogen-bond donors (Lipinski definition) is 0. The zero-order valence-corrected chi connectivity index (χ0v) is 12.5. The van der Waals surface area contributed by atoms with Crippen molar-refractivity contribution in [2.24, 2.45) is 0 Å². The third-order valence-electron chi connectivity index (χ3n) is 3.08.